The average molecular weight is 1030 g/mol. The van der Waals surface area contributed by atoms with Gasteiger partial charge in [-0.15, -0.1) is 0 Å². The molecule has 1 amide bonds. The average Bonchev–Trinajstić information content (AvgIpc) is 4.32. The van der Waals surface area contributed by atoms with Crippen LogP contribution < -0.4 is 25.3 Å². The summed E-state index contributed by atoms with van der Waals surface area (Å²) in [6, 6.07) is 29.5. The molecule has 3 aromatic heterocycles. The number of ether oxygens (including phenoxy) is 3. The van der Waals surface area contributed by atoms with Crippen molar-refractivity contribution in [3.8, 4) is 17.2 Å². The Morgan fingerprint density at radius 1 is 0.640 bits per heavy atom. The van der Waals surface area contributed by atoms with Gasteiger partial charge in [0.25, 0.3) is 5.91 Å². The second-order valence-corrected chi connectivity index (χ2v) is 20.1. The molecular formula is C58H82N12O5. The van der Waals surface area contributed by atoms with Gasteiger partial charge in [-0.1, -0.05) is 36.4 Å². The highest BCUT2D eigenvalue weighted by Crippen LogP contribution is 2.39. The molecule has 404 valence electrons. The van der Waals surface area contributed by atoms with Crippen LogP contribution in [0.5, 0.6) is 17.2 Å². The number of aromatic nitrogens is 6. The van der Waals surface area contributed by atoms with Gasteiger partial charge >= 0.3 is 0 Å². The number of benzene rings is 4. The molecule has 3 aliphatic heterocycles. The van der Waals surface area contributed by atoms with Crippen LogP contribution in [0.3, 0.4) is 0 Å². The Bertz CT molecular complexity index is 2910. The van der Waals surface area contributed by atoms with E-state index in [2.05, 4.69) is 85.5 Å². The molecule has 0 radical (unpaired) electrons. The van der Waals surface area contributed by atoms with E-state index in [1.54, 1.807) is 38.0 Å². The van der Waals surface area contributed by atoms with Gasteiger partial charge < -0.3 is 58.6 Å². The third-order valence-electron chi connectivity index (χ3n) is 15.4. The summed E-state index contributed by atoms with van der Waals surface area (Å²) in [4.78, 5) is 47.1. The first-order valence-electron chi connectivity index (χ1n) is 26.7. The summed E-state index contributed by atoms with van der Waals surface area (Å²) in [7, 11) is 17.2. The van der Waals surface area contributed by atoms with Gasteiger partial charge in [0, 0.05) is 51.4 Å². The molecule has 0 aliphatic carbocycles. The van der Waals surface area contributed by atoms with Gasteiger partial charge in [0.2, 0.25) is 5.75 Å². The molecule has 10 rings (SSSR count). The van der Waals surface area contributed by atoms with Gasteiger partial charge in [0.15, 0.2) is 23.6 Å². The van der Waals surface area contributed by atoms with Crippen molar-refractivity contribution >= 4 is 45.3 Å². The Morgan fingerprint density at radius 2 is 1.11 bits per heavy atom. The number of nitrogens with one attached hydrogen (secondary N) is 1. The quantitative estimate of drug-likeness (QED) is 0.0675. The molecule has 4 aromatic carbocycles. The van der Waals surface area contributed by atoms with Crippen molar-refractivity contribution in [3.63, 3.8) is 0 Å². The third-order valence-corrected chi connectivity index (χ3v) is 15.4. The van der Waals surface area contributed by atoms with Crippen molar-refractivity contribution in [2.24, 2.45) is 26.9 Å². The van der Waals surface area contributed by atoms with Gasteiger partial charge in [-0.25, -0.2) is 15.0 Å². The van der Waals surface area contributed by atoms with Crippen molar-refractivity contribution in [2.45, 2.75) is 89.0 Å². The summed E-state index contributed by atoms with van der Waals surface area (Å²) < 4.78 is 22.4. The molecule has 0 saturated carbocycles. The van der Waals surface area contributed by atoms with Crippen LogP contribution in [0, 0.1) is 0 Å². The molecule has 3 unspecified atom stereocenters. The van der Waals surface area contributed by atoms with E-state index >= 15 is 0 Å². The minimum absolute atomic E-state index is 0.0908. The number of hydrogen-bond acceptors (Lipinski definition) is 13. The number of amides is 1. The van der Waals surface area contributed by atoms with E-state index in [0.29, 0.717) is 47.8 Å². The predicted octanol–water partition coefficient (Wildman–Crippen LogP) is 7.69. The standard InChI is InChI=1S/C26H34N4O4.C16H24N4.C9H8N2O.C7H16N2/c1-28-13-8-9-19(28)12-14-30(17-24-27-20-10-6-7-11-21(20)29(24)2)26(31)18-15-22(32-3)25(34-5)23(16-18)33-4;1-19-11-5-6-13(19)9-10-17-12-16-18-14-7-3-4-8-15(14)20(16)2;1-11-8-5-3-2-4-7(8)10-9(11)6-12;1-9-6-2-3-7(9)4-5-8/h6-7,10-11,15-16,19H,8-9,12-14,17H2,1-5H3;3-4,7-8,13,17H,5-6,9-12H2,1-2H3;2-6H,1H3;7H,2-6,8H2,1H3. The molecule has 3 N–H and O–H groups in total. The Hall–Kier alpha value is -6.37. The maximum Gasteiger partial charge on any atom is 0.254 e. The van der Waals surface area contributed by atoms with Gasteiger partial charge in [0.1, 0.15) is 11.6 Å². The van der Waals surface area contributed by atoms with Crippen molar-refractivity contribution in [2.75, 3.05) is 81.7 Å². The molecule has 17 heteroatoms. The largest absolute Gasteiger partial charge is 0.493 e. The lowest BCUT2D eigenvalue weighted by Crippen LogP contribution is -2.36. The lowest BCUT2D eigenvalue weighted by Gasteiger charge is -2.27. The van der Waals surface area contributed by atoms with Crippen LogP contribution in [0.1, 0.15) is 90.4 Å². The highest BCUT2D eigenvalue weighted by molar-refractivity contribution is 5.95. The first-order chi connectivity index (χ1) is 36.4. The van der Waals surface area contributed by atoms with Crippen molar-refractivity contribution < 1.29 is 23.8 Å². The van der Waals surface area contributed by atoms with E-state index in [1.165, 1.54) is 63.6 Å². The molecule has 75 heavy (non-hydrogen) atoms. The second kappa shape index (κ2) is 27.4. The van der Waals surface area contributed by atoms with Crippen LogP contribution in [-0.2, 0) is 34.2 Å². The van der Waals surface area contributed by atoms with Gasteiger partial charge in [-0.05, 0) is 160 Å². The van der Waals surface area contributed by atoms with Crippen LogP contribution >= 0.6 is 0 Å². The van der Waals surface area contributed by atoms with E-state index < -0.39 is 0 Å². The maximum absolute atomic E-state index is 13.8. The minimum atomic E-state index is -0.0908. The fourth-order valence-electron chi connectivity index (χ4n) is 10.8. The van der Waals surface area contributed by atoms with Gasteiger partial charge in [-0.2, -0.15) is 0 Å². The maximum atomic E-state index is 13.8. The summed E-state index contributed by atoms with van der Waals surface area (Å²) in [6.07, 6.45) is 11.9. The summed E-state index contributed by atoms with van der Waals surface area (Å²) in [6.45, 7) is 7.44. The summed E-state index contributed by atoms with van der Waals surface area (Å²) >= 11 is 0. The summed E-state index contributed by atoms with van der Waals surface area (Å²) in [5.74, 6) is 3.73. The molecular weight excluding hydrogens is 945 g/mol. The number of fused-ring (bicyclic) bond motifs is 3. The topological polar surface area (TPSA) is 166 Å². The minimum Gasteiger partial charge on any atom is -0.493 e. The Morgan fingerprint density at radius 3 is 1.56 bits per heavy atom. The van der Waals surface area contributed by atoms with Crippen LogP contribution in [0.2, 0.25) is 0 Å². The lowest BCUT2D eigenvalue weighted by molar-refractivity contribution is 0.0722. The third kappa shape index (κ3) is 14.1. The van der Waals surface area contributed by atoms with Crippen LogP contribution in [0.15, 0.2) is 84.9 Å². The smallest absolute Gasteiger partial charge is 0.254 e. The highest BCUT2D eigenvalue weighted by atomic mass is 16.5. The number of methoxy groups -OCH3 is 3. The molecule has 17 nitrogen and oxygen atoms in total. The van der Waals surface area contributed by atoms with Crippen LogP contribution in [0.4, 0.5) is 0 Å². The fraction of sp³-hybridized carbons (Fsp3) is 0.500. The zero-order chi connectivity index (χ0) is 53.4. The SMILES string of the molecule is CN1CCCC1CCN.CN1CCCC1CCNCc1nc2ccccc2n1C.COc1cc(C(=O)N(CCC2CCCN2C)Cc2nc3ccccc3n2C)cc(OC)c1OC.Cn1c(C=O)nc2ccccc21. The molecule has 0 spiro atoms. The van der Waals surface area contributed by atoms with E-state index in [0.717, 1.165) is 96.6 Å². The van der Waals surface area contributed by atoms with E-state index in [1.807, 2.05) is 73.6 Å². The van der Waals surface area contributed by atoms with Gasteiger partial charge in [-0.3, -0.25) is 9.59 Å². The lowest BCUT2D eigenvalue weighted by atomic mass is 10.1. The van der Waals surface area contributed by atoms with E-state index in [9.17, 15) is 9.59 Å². The van der Waals surface area contributed by atoms with E-state index in [4.69, 9.17) is 24.9 Å². The van der Waals surface area contributed by atoms with Crippen molar-refractivity contribution in [1.82, 2.24) is 53.6 Å². The monoisotopic (exact) mass is 1030 g/mol. The number of carbonyl (C=O) groups is 2. The number of para-hydroxylation sites is 6. The number of aldehydes is 1. The second-order valence-electron chi connectivity index (χ2n) is 20.1. The Kier molecular flexibility index (Phi) is 20.6. The van der Waals surface area contributed by atoms with Gasteiger partial charge in [0.05, 0.1) is 67.5 Å². The Balaban J connectivity index is 0.000000167. The van der Waals surface area contributed by atoms with Crippen LogP contribution in [0.25, 0.3) is 33.1 Å². The highest BCUT2D eigenvalue weighted by Gasteiger charge is 2.27. The predicted molar refractivity (Wildman–Crippen MR) is 300 cm³/mol. The summed E-state index contributed by atoms with van der Waals surface area (Å²) in [5.41, 5.74) is 12.1. The van der Waals surface area contributed by atoms with Crippen molar-refractivity contribution in [1.29, 1.82) is 0 Å². The number of imidazole rings is 3. The molecule has 6 heterocycles. The number of hydrogen-bond donors (Lipinski definition) is 2. The molecule has 3 atom stereocenters. The number of nitrogens with two attached hydrogens (primary N) is 1. The number of nitrogens with zero attached hydrogens (tertiary/aromatic N) is 10. The molecule has 3 saturated heterocycles. The molecule has 3 aliphatic rings. The van der Waals surface area contributed by atoms with Crippen LogP contribution in [-0.4, -0.2) is 160 Å². The fourth-order valence-corrected chi connectivity index (χ4v) is 10.8. The number of likely N-dealkylation sites (tertiary alicyclic amines) is 3. The summed E-state index contributed by atoms with van der Waals surface area (Å²) in [5, 5.41) is 3.54. The number of aryl methyl sites for hydroxylation is 3. The number of carbonyl (C=O) groups excluding carboxylic acids is 2. The zero-order valence-electron chi connectivity index (χ0n) is 46.0. The number of rotatable bonds is 17. The normalized spacial score (nSPS) is 17.8. The molecule has 7 aromatic rings. The first-order valence-corrected chi connectivity index (χ1v) is 26.7. The first kappa shape index (κ1) is 56.4. The molecule has 0 bridgehead atoms. The molecule has 3 fully saturated rings. The zero-order valence-corrected chi connectivity index (χ0v) is 46.0. The van der Waals surface area contributed by atoms with Crippen molar-refractivity contribution in [3.05, 3.63) is 108 Å². The van der Waals surface area contributed by atoms with E-state index in [-0.39, 0.29) is 5.91 Å². The Labute approximate surface area is 443 Å².